The lowest BCUT2D eigenvalue weighted by Gasteiger charge is -2.27. The van der Waals surface area contributed by atoms with E-state index < -0.39 is 5.92 Å². The van der Waals surface area contributed by atoms with Gasteiger partial charge in [-0.1, -0.05) is 18.2 Å². The average Bonchev–Trinajstić information content (AvgIpc) is 3.20. The molecular formula is C24H27N3O4. The molecule has 2 aliphatic rings. The molecule has 2 aliphatic heterocycles. The first kappa shape index (κ1) is 20.9. The first-order valence-corrected chi connectivity index (χ1v) is 10.7. The molecule has 31 heavy (non-hydrogen) atoms. The van der Waals surface area contributed by atoms with Gasteiger partial charge in [0.05, 0.1) is 13.0 Å². The Kier molecular flexibility index (Phi) is 6.21. The first-order valence-electron chi connectivity index (χ1n) is 10.7. The van der Waals surface area contributed by atoms with Gasteiger partial charge in [-0.3, -0.25) is 14.4 Å². The lowest BCUT2D eigenvalue weighted by Crippen LogP contribution is -2.35. The molecule has 0 bridgehead atoms. The quantitative estimate of drug-likeness (QED) is 0.778. The highest BCUT2D eigenvalue weighted by Gasteiger charge is 2.35. The van der Waals surface area contributed by atoms with Gasteiger partial charge in [-0.05, 0) is 42.7 Å². The first-order chi connectivity index (χ1) is 15.0. The van der Waals surface area contributed by atoms with Crippen LogP contribution in [-0.4, -0.2) is 37.9 Å². The number of anilines is 2. The van der Waals surface area contributed by atoms with E-state index in [2.05, 4.69) is 5.32 Å². The lowest BCUT2D eigenvalue weighted by atomic mass is 10.1. The summed E-state index contributed by atoms with van der Waals surface area (Å²) in [7, 11) is 1.58. The van der Waals surface area contributed by atoms with E-state index in [1.54, 1.807) is 18.1 Å². The Labute approximate surface area is 182 Å². The Bertz CT molecular complexity index is 990. The molecule has 2 heterocycles. The molecule has 1 unspecified atom stereocenters. The Morgan fingerprint density at radius 2 is 1.81 bits per heavy atom. The predicted octanol–water partition coefficient (Wildman–Crippen LogP) is 2.88. The molecule has 2 saturated heterocycles. The molecule has 3 amide bonds. The van der Waals surface area contributed by atoms with Gasteiger partial charge in [0, 0.05) is 49.9 Å². The van der Waals surface area contributed by atoms with Crippen LogP contribution in [0.5, 0.6) is 5.75 Å². The van der Waals surface area contributed by atoms with Gasteiger partial charge in [0.2, 0.25) is 17.7 Å². The molecule has 0 aliphatic carbocycles. The number of benzene rings is 2. The second-order valence-electron chi connectivity index (χ2n) is 8.00. The summed E-state index contributed by atoms with van der Waals surface area (Å²) >= 11 is 0. The highest BCUT2D eigenvalue weighted by molar-refractivity contribution is 6.00. The summed E-state index contributed by atoms with van der Waals surface area (Å²) in [5, 5.41) is 2.95. The van der Waals surface area contributed by atoms with Crippen LogP contribution < -0.4 is 19.9 Å². The van der Waals surface area contributed by atoms with Crippen molar-refractivity contribution in [2.75, 3.05) is 30.0 Å². The van der Waals surface area contributed by atoms with E-state index in [1.165, 1.54) is 0 Å². The van der Waals surface area contributed by atoms with Crippen molar-refractivity contribution in [1.29, 1.82) is 0 Å². The van der Waals surface area contributed by atoms with Gasteiger partial charge in [0.25, 0.3) is 0 Å². The van der Waals surface area contributed by atoms with Gasteiger partial charge < -0.3 is 19.9 Å². The Balaban J connectivity index is 1.36. The zero-order chi connectivity index (χ0) is 21.8. The van der Waals surface area contributed by atoms with Crippen molar-refractivity contribution >= 4 is 29.1 Å². The molecule has 2 fully saturated rings. The van der Waals surface area contributed by atoms with E-state index in [0.717, 1.165) is 36.3 Å². The van der Waals surface area contributed by atoms with Crippen LogP contribution in [0.15, 0.2) is 48.5 Å². The van der Waals surface area contributed by atoms with E-state index >= 15 is 0 Å². The fourth-order valence-electron chi connectivity index (χ4n) is 4.16. The number of ether oxygens (including phenoxy) is 1. The molecule has 2 aromatic carbocycles. The van der Waals surface area contributed by atoms with Crippen molar-refractivity contribution < 1.29 is 19.1 Å². The SMILES string of the molecule is COc1cccc(N2CC(C(=O)NCc3cccc(N4CCCCC4=O)c3)CC2=O)c1. The Morgan fingerprint density at radius 3 is 2.58 bits per heavy atom. The molecule has 7 nitrogen and oxygen atoms in total. The number of nitrogens with zero attached hydrogens (tertiary/aromatic N) is 2. The number of nitrogens with one attached hydrogen (secondary N) is 1. The minimum atomic E-state index is -0.398. The van der Waals surface area contributed by atoms with Gasteiger partial charge in [-0.25, -0.2) is 0 Å². The van der Waals surface area contributed by atoms with E-state index in [4.69, 9.17) is 4.74 Å². The minimum Gasteiger partial charge on any atom is -0.497 e. The molecular weight excluding hydrogens is 394 g/mol. The van der Waals surface area contributed by atoms with Crippen LogP contribution in [0, 0.1) is 5.92 Å². The summed E-state index contributed by atoms with van der Waals surface area (Å²) < 4.78 is 5.23. The summed E-state index contributed by atoms with van der Waals surface area (Å²) in [5.41, 5.74) is 2.54. The molecule has 0 radical (unpaired) electrons. The van der Waals surface area contributed by atoms with Gasteiger partial charge in [0.1, 0.15) is 5.75 Å². The van der Waals surface area contributed by atoms with Crippen LogP contribution in [0.2, 0.25) is 0 Å². The summed E-state index contributed by atoms with van der Waals surface area (Å²) in [5.74, 6) is 0.211. The molecule has 0 saturated carbocycles. The largest absolute Gasteiger partial charge is 0.497 e. The maximum atomic E-state index is 12.7. The van der Waals surface area contributed by atoms with Gasteiger partial charge in [-0.2, -0.15) is 0 Å². The normalized spacial score (nSPS) is 18.9. The fourth-order valence-corrected chi connectivity index (χ4v) is 4.16. The second-order valence-corrected chi connectivity index (χ2v) is 8.00. The van der Waals surface area contributed by atoms with Crippen molar-refractivity contribution in [3.63, 3.8) is 0 Å². The molecule has 0 aromatic heterocycles. The van der Waals surface area contributed by atoms with Crippen molar-refractivity contribution in [2.45, 2.75) is 32.2 Å². The zero-order valence-corrected chi connectivity index (χ0v) is 17.7. The molecule has 1 N–H and O–H groups in total. The van der Waals surface area contributed by atoms with Crippen molar-refractivity contribution in [1.82, 2.24) is 5.32 Å². The summed E-state index contributed by atoms with van der Waals surface area (Å²) in [6.07, 6.45) is 2.72. The van der Waals surface area contributed by atoms with Crippen LogP contribution in [0.25, 0.3) is 0 Å². The maximum Gasteiger partial charge on any atom is 0.227 e. The highest BCUT2D eigenvalue weighted by atomic mass is 16.5. The van der Waals surface area contributed by atoms with E-state index in [1.807, 2.05) is 47.4 Å². The van der Waals surface area contributed by atoms with Crippen LogP contribution in [-0.2, 0) is 20.9 Å². The molecule has 1 atom stereocenters. The van der Waals surface area contributed by atoms with Crippen LogP contribution in [0.4, 0.5) is 11.4 Å². The lowest BCUT2D eigenvalue weighted by molar-refractivity contribution is -0.126. The smallest absolute Gasteiger partial charge is 0.227 e. The number of carbonyl (C=O) groups is 3. The second kappa shape index (κ2) is 9.20. The Morgan fingerprint density at radius 1 is 1.03 bits per heavy atom. The third-order valence-corrected chi connectivity index (χ3v) is 5.87. The van der Waals surface area contributed by atoms with Crippen molar-refractivity contribution in [2.24, 2.45) is 5.92 Å². The predicted molar refractivity (Wildman–Crippen MR) is 118 cm³/mol. The fraction of sp³-hybridized carbons (Fsp3) is 0.375. The summed E-state index contributed by atoms with van der Waals surface area (Å²) in [4.78, 5) is 40.8. The summed E-state index contributed by atoms with van der Waals surface area (Å²) in [6, 6.07) is 15.0. The molecule has 4 rings (SSSR count). The molecule has 162 valence electrons. The van der Waals surface area contributed by atoms with Crippen LogP contribution in [0.3, 0.4) is 0 Å². The number of hydrogen-bond donors (Lipinski definition) is 1. The zero-order valence-electron chi connectivity index (χ0n) is 17.7. The van der Waals surface area contributed by atoms with Gasteiger partial charge in [-0.15, -0.1) is 0 Å². The number of hydrogen-bond acceptors (Lipinski definition) is 4. The van der Waals surface area contributed by atoms with Crippen LogP contribution >= 0.6 is 0 Å². The van der Waals surface area contributed by atoms with Gasteiger partial charge in [0.15, 0.2) is 0 Å². The van der Waals surface area contributed by atoms with Crippen LogP contribution in [0.1, 0.15) is 31.2 Å². The van der Waals surface area contributed by atoms with Gasteiger partial charge >= 0.3 is 0 Å². The highest BCUT2D eigenvalue weighted by Crippen LogP contribution is 2.28. The average molecular weight is 421 g/mol. The van der Waals surface area contributed by atoms with E-state index in [0.29, 0.717) is 25.3 Å². The maximum absolute atomic E-state index is 12.7. The third-order valence-electron chi connectivity index (χ3n) is 5.87. The molecule has 2 aromatic rings. The Hall–Kier alpha value is -3.35. The summed E-state index contributed by atoms with van der Waals surface area (Å²) in [6.45, 7) is 1.44. The number of piperidine rings is 1. The third kappa shape index (κ3) is 4.71. The van der Waals surface area contributed by atoms with E-state index in [9.17, 15) is 14.4 Å². The van der Waals surface area contributed by atoms with E-state index in [-0.39, 0.29) is 24.1 Å². The molecule has 7 heteroatoms. The number of rotatable bonds is 6. The number of amides is 3. The van der Waals surface area contributed by atoms with Crippen molar-refractivity contribution in [3.8, 4) is 5.75 Å². The molecule has 0 spiro atoms. The number of methoxy groups -OCH3 is 1. The standard InChI is InChI=1S/C24H27N3O4/c1-31-21-9-5-8-20(14-21)27-16-18(13-23(27)29)24(30)25-15-17-6-4-7-19(12-17)26-11-3-2-10-22(26)28/h4-9,12,14,18H,2-3,10-11,13,15-16H2,1H3,(H,25,30). The monoisotopic (exact) mass is 421 g/mol. The minimum absolute atomic E-state index is 0.0704. The number of carbonyl (C=O) groups excluding carboxylic acids is 3. The van der Waals surface area contributed by atoms with Crippen molar-refractivity contribution in [3.05, 3.63) is 54.1 Å². The topological polar surface area (TPSA) is 79.0 Å².